The summed E-state index contributed by atoms with van der Waals surface area (Å²) in [5.74, 6) is 1.22. The standard InChI is InChI=1S/C28H20ClN5O/c1-16-18(6-3-8-20(16)28-34-24-11-5-9-21(29)26(24)35-28)19-7-4-10-22(17(19)2)33-27-25-23(12-13-32-27)30-14-15-31-25/h3-15H,1-2H3,(H,32,33). The molecule has 6 nitrogen and oxygen atoms in total. The number of hydrogen-bond donors (Lipinski definition) is 1. The number of fused-ring (bicyclic) bond motifs is 2. The lowest BCUT2D eigenvalue weighted by atomic mass is 9.93. The molecule has 0 bridgehead atoms. The molecule has 3 heterocycles. The maximum absolute atomic E-state index is 6.31. The Morgan fingerprint density at radius 3 is 2.31 bits per heavy atom. The number of nitrogens with zero attached hydrogens (tertiary/aromatic N) is 4. The van der Waals surface area contributed by atoms with E-state index in [9.17, 15) is 0 Å². The Balaban J connectivity index is 1.43. The Labute approximate surface area is 206 Å². The maximum Gasteiger partial charge on any atom is 0.227 e. The Bertz CT molecular complexity index is 1720. The van der Waals surface area contributed by atoms with Gasteiger partial charge >= 0.3 is 0 Å². The van der Waals surface area contributed by atoms with Crippen LogP contribution in [0.25, 0.3) is 44.7 Å². The average molecular weight is 478 g/mol. The molecule has 0 aliphatic rings. The van der Waals surface area contributed by atoms with E-state index in [-0.39, 0.29) is 0 Å². The van der Waals surface area contributed by atoms with Gasteiger partial charge in [0.2, 0.25) is 5.89 Å². The van der Waals surface area contributed by atoms with Gasteiger partial charge in [0.05, 0.1) is 10.5 Å². The first-order chi connectivity index (χ1) is 17.1. The monoisotopic (exact) mass is 477 g/mol. The zero-order chi connectivity index (χ0) is 23.9. The van der Waals surface area contributed by atoms with Gasteiger partial charge in [-0.15, -0.1) is 0 Å². The fourth-order valence-electron chi connectivity index (χ4n) is 4.37. The van der Waals surface area contributed by atoms with Crippen LogP contribution in [0.15, 0.2) is 83.7 Å². The highest BCUT2D eigenvalue weighted by atomic mass is 35.5. The molecular formula is C28H20ClN5O. The lowest BCUT2D eigenvalue weighted by Gasteiger charge is -2.16. The highest BCUT2D eigenvalue weighted by molar-refractivity contribution is 6.34. The van der Waals surface area contributed by atoms with E-state index in [4.69, 9.17) is 16.0 Å². The number of oxazole rings is 1. The van der Waals surface area contributed by atoms with E-state index in [1.54, 1.807) is 24.7 Å². The van der Waals surface area contributed by atoms with Gasteiger partial charge in [-0.1, -0.05) is 41.9 Å². The van der Waals surface area contributed by atoms with Gasteiger partial charge in [0.15, 0.2) is 11.4 Å². The number of para-hydroxylation sites is 1. The molecule has 0 amide bonds. The van der Waals surface area contributed by atoms with E-state index in [0.717, 1.165) is 50.1 Å². The van der Waals surface area contributed by atoms with E-state index in [0.29, 0.717) is 22.3 Å². The van der Waals surface area contributed by atoms with Gasteiger partial charge < -0.3 is 9.73 Å². The zero-order valence-corrected chi connectivity index (χ0v) is 19.8. The van der Waals surface area contributed by atoms with E-state index < -0.39 is 0 Å². The fraction of sp³-hybridized carbons (Fsp3) is 0.0714. The maximum atomic E-state index is 6.31. The zero-order valence-electron chi connectivity index (χ0n) is 19.1. The molecule has 35 heavy (non-hydrogen) atoms. The summed E-state index contributed by atoms with van der Waals surface area (Å²) in [6, 6.07) is 19.8. The Morgan fingerprint density at radius 2 is 1.46 bits per heavy atom. The van der Waals surface area contributed by atoms with Crippen molar-refractivity contribution in [3.8, 4) is 22.6 Å². The number of anilines is 2. The second-order valence-electron chi connectivity index (χ2n) is 8.27. The van der Waals surface area contributed by atoms with Crippen LogP contribution in [0.5, 0.6) is 0 Å². The summed E-state index contributed by atoms with van der Waals surface area (Å²) in [6.45, 7) is 4.18. The molecule has 0 unspecified atom stereocenters. The fourth-order valence-corrected chi connectivity index (χ4v) is 4.58. The lowest BCUT2D eigenvalue weighted by molar-refractivity contribution is 0.619. The van der Waals surface area contributed by atoms with Gasteiger partial charge in [0, 0.05) is 29.8 Å². The van der Waals surface area contributed by atoms with Crippen molar-refractivity contribution in [2.75, 3.05) is 5.32 Å². The third kappa shape index (κ3) is 3.68. The van der Waals surface area contributed by atoms with Crippen molar-refractivity contribution in [2.24, 2.45) is 0 Å². The second kappa shape index (κ2) is 8.49. The molecule has 0 fully saturated rings. The summed E-state index contributed by atoms with van der Waals surface area (Å²) >= 11 is 6.31. The normalized spacial score (nSPS) is 11.3. The molecule has 3 aromatic carbocycles. The molecule has 3 aromatic heterocycles. The van der Waals surface area contributed by atoms with Gasteiger partial charge in [0.25, 0.3) is 0 Å². The van der Waals surface area contributed by atoms with Gasteiger partial charge in [-0.2, -0.15) is 0 Å². The smallest absolute Gasteiger partial charge is 0.227 e. The van der Waals surface area contributed by atoms with Crippen LogP contribution in [-0.4, -0.2) is 19.9 Å². The van der Waals surface area contributed by atoms with E-state index in [1.807, 2.05) is 42.5 Å². The molecule has 1 N–H and O–H groups in total. The molecule has 0 radical (unpaired) electrons. The topological polar surface area (TPSA) is 76.7 Å². The van der Waals surface area contributed by atoms with E-state index >= 15 is 0 Å². The highest BCUT2D eigenvalue weighted by Crippen LogP contribution is 2.37. The van der Waals surface area contributed by atoms with E-state index in [1.165, 1.54) is 0 Å². The van der Waals surface area contributed by atoms with Crippen molar-refractivity contribution in [1.29, 1.82) is 0 Å². The van der Waals surface area contributed by atoms with Crippen LogP contribution in [0.3, 0.4) is 0 Å². The van der Waals surface area contributed by atoms with Crippen LogP contribution < -0.4 is 5.32 Å². The molecule has 6 aromatic rings. The molecule has 0 atom stereocenters. The van der Waals surface area contributed by atoms with E-state index in [2.05, 4.69) is 51.2 Å². The number of hydrogen-bond acceptors (Lipinski definition) is 6. The summed E-state index contributed by atoms with van der Waals surface area (Å²) in [5.41, 5.74) is 9.11. The number of pyridine rings is 1. The number of aromatic nitrogens is 4. The largest absolute Gasteiger partial charge is 0.435 e. The van der Waals surface area contributed by atoms with Crippen molar-refractivity contribution in [2.45, 2.75) is 13.8 Å². The minimum absolute atomic E-state index is 0.552. The molecular weight excluding hydrogens is 458 g/mol. The first-order valence-electron chi connectivity index (χ1n) is 11.2. The molecule has 0 aliphatic carbocycles. The van der Waals surface area contributed by atoms with Crippen LogP contribution in [0.2, 0.25) is 5.02 Å². The van der Waals surface area contributed by atoms with Crippen LogP contribution in [-0.2, 0) is 0 Å². The molecule has 6 rings (SSSR count). The van der Waals surface area contributed by atoms with Crippen molar-refractivity contribution in [3.05, 3.63) is 95.4 Å². The summed E-state index contributed by atoms with van der Waals surface area (Å²) in [5, 5.41) is 4.01. The second-order valence-corrected chi connectivity index (χ2v) is 8.68. The predicted octanol–water partition coefficient (Wildman–Crippen LogP) is 7.51. The number of benzene rings is 3. The molecule has 7 heteroatoms. The van der Waals surface area contributed by atoms with Gasteiger partial charge in [-0.3, -0.25) is 4.98 Å². The third-order valence-corrected chi connectivity index (χ3v) is 6.49. The minimum Gasteiger partial charge on any atom is -0.435 e. The highest BCUT2D eigenvalue weighted by Gasteiger charge is 2.17. The van der Waals surface area contributed by atoms with Gasteiger partial charge in [-0.05, 0) is 66.4 Å². The van der Waals surface area contributed by atoms with Crippen molar-refractivity contribution < 1.29 is 4.42 Å². The predicted molar refractivity (Wildman–Crippen MR) is 140 cm³/mol. The summed E-state index contributed by atoms with van der Waals surface area (Å²) in [6.07, 6.45) is 5.09. The number of halogens is 1. The third-order valence-electron chi connectivity index (χ3n) is 6.20. The van der Waals surface area contributed by atoms with Crippen LogP contribution in [0, 0.1) is 13.8 Å². The minimum atomic E-state index is 0.552. The lowest BCUT2D eigenvalue weighted by Crippen LogP contribution is -2.00. The van der Waals surface area contributed by atoms with Crippen molar-refractivity contribution >= 4 is 45.2 Å². The first-order valence-corrected chi connectivity index (χ1v) is 11.6. The quantitative estimate of drug-likeness (QED) is 0.283. The summed E-state index contributed by atoms with van der Waals surface area (Å²) in [4.78, 5) is 18.0. The Hall–Kier alpha value is -4.29. The van der Waals surface area contributed by atoms with Crippen LogP contribution in [0.4, 0.5) is 11.5 Å². The molecule has 0 aliphatic heterocycles. The van der Waals surface area contributed by atoms with Crippen LogP contribution in [0.1, 0.15) is 11.1 Å². The van der Waals surface area contributed by atoms with Crippen LogP contribution >= 0.6 is 11.6 Å². The summed E-state index contributed by atoms with van der Waals surface area (Å²) in [7, 11) is 0. The Morgan fingerprint density at radius 1 is 0.714 bits per heavy atom. The molecule has 0 saturated carbocycles. The van der Waals surface area contributed by atoms with Gasteiger partial charge in [0.1, 0.15) is 11.0 Å². The first kappa shape index (κ1) is 21.3. The average Bonchev–Trinajstić information content (AvgIpc) is 3.31. The molecule has 0 spiro atoms. The number of nitrogens with one attached hydrogen (secondary N) is 1. The molecule has 0 saturated heterocycles. The Kier molecular flexibility index (Phi) is 5.16. The van der Waals surface area contributed by atoms with Crippen molar-refractivity contribution in [1.82, 2.24) is 19.9 Å². The van der Waals surface area contributed by atoms with Gasteiger partial charge in [-0.25, -0.2) is 15.0 Å². The van der Waals surface area contributed by atoms with Crippen molar-refractivity contribution in [3.63, 3.8) is 0 Å². The SMILES string of the molecule is Cc1c(Nc2nccc3nccnc23)cccc1-c1cccc(-c2nc3cccc(Cl)c3o2)c1C. The molecule has 170 valence electrons. The summed E-state index contributed by atoms with van der Waals surface area (Å²) < 4.78 is 6.05. The number of rotatable bonds is 4.